The monoisotopic (exact) mass is 477 g/mol. The topological polar surface area (TPSA) is 134 Å². The third-order valence-electron chi connectivity index (χ3n) is 5.35. The van der Waals surface area contributed by atoms with Gasteiger partial charge < -0.3 is 16.1 Å². The molecule has 3 rings (SSSR count). The summed E-state index contributed by atoms with van der Waals surface area (Å²) in [7, 11) is 0. The molecule has 1 unspecified atom stereocenters. The van der Waals surface area contributed by atoms with Crippen LogP contribution in [0.25, 0.3) is 11.1 Å². The lowest BCUT2D eigenvalue weighted by atomic mass is 9.98. The van der Waals surface area contributed by atoms with Crippen molar-refractivity contribution in [1.82, 2.24) is 15.8 Å². The van der Waals surface area contributed by atoms with Crippen LogP contribution < -0.4 is 22.4 Å². The standard InChI is InChI=1S/C26H28FN5O3/c27-22-11-9-20(10-12-22)26(34)30-16-23(28)17-32(29)24(15-25(33)31-35)14-18-5-4-8-21(13-18)19-6-2-1-3-7-19/h1-13,17,24,35H,14-16,28-29H2,(H,30,34)(H,31,33)/b23-17-. The fraction of sp³-hybridized carbons (Fsp3) is 0.154. The molecule has 2 amide bonds. The van der Waals surface area contributed by atoms with Gasteiger partial charge in [-0.3, -0.25) is 14.8 Å². The van der Waals surface area contributed by atoms with Crippen molar-refractivity contribution in [2.45, 2.75) is 18.9 Å². The second kappa shape index (κ2) is 12.3. The van der Waals surface area contributed by atoms with Crippen molar-refractivity contribution < 1.29 is 19.2 Å². The molecule has 182 valence electrons. The van der Waals surface area contributed by atoms with E-state index in [-0.39, 0.29) is 18.7 Å². The van der Waals surface area contributed by atoms with Gasteiger partial charge in [-0.2, -0.15) is 0 Å². The number of nitrogens with one attached hydrogen (secondary N) is 2. The Balaban J connectivity index is 1.69. The van der Waals surface area contributed by atoms with Crippen molar-refractivity contribution in [2.75, 3.05) is 6.54 Å². The van der Waals surface area contributed by atoms with Gasteiger partial charge in [-0.25, -0.2) is 15.7 Å². The maximum absolute atomic E-state index is 13.0. The van der Waals surface area contributed by atoms with Crippen LogP contribution in [0, 0.1) is 5.82 Å². The molecule has 0 bridgehead atoms. The molecule has 35 heavy (non-hydrogen) atoms. The highest BCUT2D eigenvalue weighted by Gasteiger charge is 2.19. The molecule has 0 radical (unpaired) electrons. The first-order chi connectivity index (χ1) is 16.9. The van der Waals surface area contributed by atoms with E-state index < -0.39 is 23.7 Å². The van der Waals surface area contributed by atoms with Crippen molar-refractivity contribution in [1.29, 1.82) is 0 Å². The SMILES string of the molecule is N/C(=C\N(N)C(CC(=O)NO)Cc1cccc(-c2ccccc2)c1)CNC(=O)c1ccc(F)cc1. The second-order valence-electron chi connectivity index (χ2n) is 8.00. The van der Waals surface area contributed by atoms with Crippen molar-refractivity contribution in [3.63, 3.8) is 0 Å². The number of halogens is 1. The highest BCUT2D eigenvalue weighted by atomic mass is 19.1. The molecular formula is C26H28FN5O3. The Labute approximate surface area is 203 Å². The average Bonchev–Trinajstić information content (AvgIpc) is 2.87. The minimum atomic E-state index is -0.596. The molecule has 8 nitrogen and oxygen atoms in total. The highest BCUT2D eigenvalue weighted by molar-refractivity contribution is 5.94. The van der Waals surface area contributed by atoms with Gasteiger partial charge in [0.25, 0.3) is 5.91 Å². The average molecular weight is 478 g/mol. The van der Waals surface area contributed by atoms with Gasteiger partial charge in [-0.1, -0.05) is 54.6 Å². The third kappa shape index (κ3) is 7.66. The fourth-order valence-corrected chi connectivity index (χ4v) is 3.55. The largest absolute Gasteiger partial charge is 0.399 e. The summed E-state index contributed by atoms with van der Waals surface area (Å²) in [6.07, 6.45) is 1.74. The predicted octanol–water partition coefficient (Wildman–Crippen LogP) is 2.71. The maximum atomic E-state index is 13.0. The van der Waals surface area contributed by atoms with E-state index in [2.05, 4.69) is 5.32 Å². The summed E-state index contributed by atoms with van der Waals surface area (Å²) in [4.78, 5) is 24.1. The first kappa shape index (κ1) is 25.4. The Bertz CT molecular complexity index is 1170. The Morgan fingerprint density at radius 3 is 2.37 bits per heavy atom. The summed E-state index contributed by atoms with van der Waals surface area (Å²) >= 11 is 0. The van der Waals surface area contributed by atoms with Gasteiger partial charge in [0.05, 0.1) is 19.0 Å². The number of nitrogens with zero attached hydrogens (tertiary/aromatic N) is 1. The number of carbonyl (C=O) groups excluding carboxylic acids is 2. The Morgan fingerprint density at radius 2 is 1.69 bits per heavy atom. The van der Waals surface area contributed by atoms with E-state index in [1.54, 1.807) is 5.48 Å². The molecule has 0 heterocycles. The lowest BCUT2D eigenvalue weighted by Crippen LogP contribution is -2.42. The molecule has 7 N–H and O–H groups in total. The third-order valence-corrected chi connectivity index (χ3v) is 5.35. The van der Waals surface area contributed by atoms with Gasteiger partial charge in [0.15, 0.2) is 0 Å². The van der Waals surface area contributed by atoms with Crippen LogP contribution in [0.2, 0.25) is 0 Å². The van der Waals surface area contributed by atoms with E-state index in [1.807, 2.05) is 54.6 Å². The maximum Gasteiger partial charge on any atom is 0.251 e. The highest BCUT2D eigenvalue weighted by Crippen LogP contribution is 2.21. The summed E-state index contributed by atoms with van der Waals surface area (Å²) in [6.45, 7) is -0.00762. The molecule has 3 aromatic rings. The van der Waals surface area contributed by atoms with Gasteiger partial charge in [0.1, 0.15) is 5.82 Å². The molecule has 1 atom stereocenters. The van der Waals surface area contributed by atoms with Gasteiger partial charge in [0, 0.05) is 17.5 Å². The van der Waals surface area contributed by atoms with Crippen LogP contribution in [0.15, 0.2) is 90.8 Å². The van der Waals surface area contributed by atoms with Crippen LogP contribution in [0.3, 0.4) is 0 Å². The van der Waals surface area contributed by atoms with E-state index in [4.69, 9.17) is 16.8 Å². The molecule has 0 saturated heterocycles. The Hall–Kier alpha value is -4.21. The number of hydrazine groups is 1. The summed E-state index contributed by atoms with van der Waals surface area (Å²) in [5.41, 5.74) is 11.2. The normalized spacial score (nSPS) is 12.0. The smallest absolute Gasteiger partial charge is 0.251 e. The zero-order valence-electron chi connectivity index (χ0n) is 19.0. The number of hydroxylamine groups is 1. The van der Waals surface area contributed by atoms with Crippen LogP contribution in [0.1, 0.15) is 22.3 Å². The Kier molecular flexibility index (Phi) is 8.94. The van der Waals surface area contributed by atoms with Gasteiger partial charge >= 0.3 is 0 Å². The second-order valence-corrected chi connectivity index (χ2v) is 8.00. The molecule has 3 aromatic carbocycles. The van der Waals surface area contributed by atoms with Crippen LogP contribution in [0.5, 0.6) is 0 Å². The molecule has 0 aliphatic rings. The lowest BCUT2D eigenvalue weighted by Gasteiger charge is -2.26. The van der Waals surface area contributed by atoms with E-state index in [0.29, 0.717) is 12.0 Å². The van der Waals surface area contributed by atoms with Crippen molar-refractivity contribution in [3.8, 4) is 11.1 Å². The number of carbonyl (C=O) groups is 2. The number of benzene rings is 3. The molecule has 0 spiro atoms. The zero-order valence-corrected chi connectivity index (χ0v) is 19.0. The molecule has 0 aromatic heterocycles. The van der Waals surface area contributed by atoms with Gasteiger partial charge in [0.2, 0.25) is 5.91 Å². The van der Waals surface area contributed by atoms with Gasteiger partial charge in [-0.05, 0) is 47.4 Å². The summed E-state index contributed by atoms with van der Waals surface area (Å²) in [6, 6.07) is 22.3. The van der Waals surface area contributed by atoms with E-state index in [1.165, 1.54) is 35.5 Å². The van der Waals surface area contributed by atoms with Crippen molar-refractivity contribution >= 4 is 11.8 Å². The molecule has 0 fully saturated rings. The fourth-order valence-electron chi connectivity index (χ4n) is 3.55. The lowest BCUT2D eigenvalue weighted by molar-refractivity contribution is -0.130. The molecule has 0 saturated carbocycles. The zero-order chi connectivity index (χ0) is 25.2. The minimum Gasteiger partial charge on any atom is -0.399 e. The molecule has 0 aliphatic carbocycles. The summed E-state index contributed by atoms with van der Waals surface area (Å²) < 4.78 is 13.0. The molecule has 9 heteroatoms. The van der Waals surface area contributed by atoms with Crippen molar-refractivity contribution in [3.05, 3.63) is 108 Å². The number of rotatable bonds is 10. The predicted molar refractivity (Wildman–Crippen MR) is 131 cm³/mol. The van der Waals surface area contributed by atoms with Gasteiger partial charge in [-0.15, -0.1) is 0 Å². The summed E-state index contributed by atoms with van der Waals surface area (Å²) in [5.74, 6) is 4.76. The van der Waals surface area contributed by atoms with Crippen LogP contribution in [-0.2, 0) is 11.2 Å². The number of amides is 2. The van der Waals surface area contributed by atoms with Crippen molar-refractivity contribution in [2.24, 2.45) is 11.6 Å². The first-order valence-electron chi connectivity index (χ1n) is 11.0. The minimum absolute atomic E-state index is 0.00762. The molecular weight excluding hydrogens is 449 g/mol. The first-order valence-corrected chi connectivity index (χ1v) is 11.0. The van der Waals surface area contributed by atoms with Crippen LogP contribution in [0.4, 0.5) is 4.39 Å². The van der Waals surface area contributed by atoms with Crippen LogP contribution >= 0.6 is 0 Å². The summed E-state index contributed by atoms with van der Waals surface area (Å²) in [5, 5.41) is 12.9. The quantitative estimate of drug-likeness (QED) is 0.173. The number of hydrogen-bond acceptors (Lipinski definition) is 6. The van der Waals surface area contributed by atoms with Crippen LogP contribution in [-0.4, -0.2) is 34.6 Å². The van der Waals surface area contributed by atoms with E-state index in [0.717, 1.165) is 16.7 Å². The number of hydrogen-bond donors (Lipinski definition) is 5. The van der Waals surface area contributed by atoms with E-state index >= 15 is 0 Å². The number of nitrogens with two attached hydrogens (primary N) is 2. The van der Waals surface area contributed by atoms with E-state index in [9.17, 15) is 14.0 Å². The molecule has 0 aliphatic heterocycles. The Morgan fingerprint density at radius 1 is 1.00 bits per heavy atom.